The third kappa shape index (κ3) is 6.69. The second-order valence-electron chi connectivity index (χ2n) is 12.4. The third-order valence-electron chi connectivity index (χ3n) is 7.84. The molecule has 0 unspecified atom stereocenters. The van der Waals surface area contributed by atoms with Gasteiger partial charge in [-0.2, -0.15) is 0 Å². The van der Waals surface area contributed by atoms with Crippen molar-refractivity contribution in [3.63, 3.8) is 0 Å². The maximum Gasteiger partial charge on any atom is 0.129 e. The van der Waals surface area contributed by atoms with Crippen molar-refractivity contribution in [2.24, 2.45) is 5.41 Å². The standard InChI is InChI=1S/C27H18NO.C17H20N.Ir/c1-16-14-24(28-15-17(16)2)23-9-5-8-21-22-13-12-19-11-10-18-6-3-4-7-20(18)25(19)27(22)29-26(21)23;1-13-5-8-15(9-6-13)16-10-7-14(12-18-16)11-17(2,3)4;/h3-8,10-15H,1-2H3;5-8,10,12H,11H2,1-4H3;/q2*-1;/i1D3,2D3;1D3,11D2;. The van der Waals surface area contributed by atoms with Gasteiger partial charge in [0.25, 0.3) is 0 Å². The summed E-state index contributed by atoms with van der Waals surface area (Å²) in [4.78, 5) is 8.63. The van der Waals surface area contributed by atoms with Crippen molar-refractivity contribution in [2.75, 3.05) is 0 Å². The molecule has 0 amide bonds. The maximum absolute atomic E-state index is 8.25. The van der Waals surface area contributed by atoms with Gasteiger partial charge in [-0.25, -0.2) is 0 Å². The quantitative estimate of drug-likeness (QED) is 0.132. The van der Waals surface area contributed by atoms with Gasteiger partial charge in [0.1, 0.15) is 5.58 Å². The molecule has 0 N–H and O–H groups in total. The van der Waals surface area contributed by atoms with E-state index in [1.165, 1.54) is 18.3 Å². The van der Waals surface area contributed by atoms with Gasteiger partial charge in [0.15, 0.2) is 0 Å². The van der Waals surface area contributed by atoms with Gasteiger partial charge in [-0.05, 0) is 64.2 Å². The Labute approximate surface area is 311 Å². The van der Waals surface area contributed by atoms with E-state index >= 15 is 0 Å². The largest absolute Gasteiger partial charge is 0.500 e. The average molecular weight is 814 g/mol. The van der Waals surface area contributed by atoms with Crippen LogP contribution in [0, 0.1) is 38.1 Å². The van der Waals surface area contributed by atoms with Crippen molar-refractivity contribution >= 4 is 43.5 Å². The van der Waals surface area contributed by atoms with Crippen molar-refractivity contribution in [1.82, 2.24) is 9.97 Å². The minimum Gasteiger partial charge on any atom is -0.500 e. The molecule has 5 aromatic carbocycles. The van der Waals surface area contributed by atoms with Crippen LogP contribution in [0.25, 0.3) is 66.0 Å². The molecule has 3 nitrogen and oxygen atoms in total. The first-order valence-electron chi connectivity index (χ1n) is 20.7. The van der Waals surface area contributed by atoms with Crippen LogP contribution >= 0.6 is 0 Å². The van der Waals surface area contributed by atoms with Crippen LogP contribution in [0.4, 0.5) is 0 Å². The van der Waals surface area contributed by atoms with E-state index in [-0.39, 0.29) is 36.8 Å². The molecule has 0 fully saturated rings. The Balaban J connectivity index is 0.000000213. The molecule has 0 saturated carbocycles. The van der Waals surface area contributed by atoms with E-state index in [9.17, 15) is 0 Å². The summed E-state index contributed by atoms with van der Waals surface area (Å²) in [6, 6.07) is 35.5. The minimum atomic E-state index is -2.61. The third-order valence-corrected chi connectivity index (χ3v) is 7.84. The van der Waals surface area contributed by atoms with Crippen LogP contribution in [-0.4, -0.2) is 9.97 Å². The summed E-state index contributed by atoms with van der Waals surface area (Å²) in [5.41, 5.74) is 3.03. The number of rotatable bonds is 3. The molecule has 0 bridgehead atoms. The number of nitrogens with zero attached hydrogens (tertiary/aromatic N) is 2. The Kier molecular flexibility index (Phi) is 6.20. The summed E-state index contributed by atoms with van der Waals surface area (Å²) in [7, 11) is 0. The molecule has 0 atom stereocenters. The van der Waals surface area contributed by atoms with Crippen LogP contribution in [0.15, 0.2) is 114 Å². The average Bonchev–Trinajstić information content (AvgIpc) is 3.56. The van der Waals surface area contributed by atoms with E-state index in [0.717, 1.165) is 44.1 Å². The van der Waals surface area contributed by atoms with Crippen LogP contribution < -0.4 is 0 Å². The Morgan fingerprint density at radius 1 is 0.729 bits per heavy atom. The van der Waals surface area contributed by atoms with E-state index < -0.39 is 32.3 Å². The monoisotopic (exact) mass is 814 g/mol. The van der Waals surface area contributed by atoms with Gasteiger partial charge in [-0.3, -0.25) is 0 Å². The first-order chi connectivity index (χ1) is 27.1. The number of hydrogen-bond acceptors (Lipinski definition) is 3. The van der Waals surface area contributed by atoms with Gasteiger partial charge in [0, 0.05) is 58.3 Å². The van der Waals surface area contributed by atoms with E-state index in [2.05, 4.69) is 52.4 Å². The fraction of sp³-hybridized carbons (Fsp3) is 0.182. The molecule has 48 heavy (non-hydrogen) atoms. The van der Waals surface area contributed by atoms with Crippen molar-refractivity contribution in [3.05, 3.63) is 144 Å². The molecule has 0 saturated heterocycles. The fourth-order valence-corrected chi connectivity index (χ4v) is 5.71. The zero-order valence-corrected chi connectivity index (χ0v) is 28.9. The van der Waals surface area contributed by atoms with Crippen molar-refractivity contribution < 1.29 is 39.6 Å². The molecule has 1 radical (unpaired) electrons. The maximum atomic E-state index is 8.25. The zero-order chi connectivity index (χ0) is 42.0. The molecule has 8 aromatic rings. The topological polar surface area (TPSA) is 38.9 Å². The summed E-state index contributed by atoms with van der Waals surface area (Å²) in [6.07, 6.45) is 1.17. The van der Waals surface area contributed by atoms with Gasteiger partial charge < -0.3 is 14.4 Å². The second-order valence-corrected chi connectivity index (χ2v) is 12.4. The van der Waals surface area contributed by atoms with Crippen LogP contribution in [0.3, 0.4) is 0 Å². The molecule has 0 aliphatic rings. The summed E-state index contributed by atoms with van der Waals surface area (Å²) < 4.78 is 91.9. The summed E-state index contributed by atoms with van der Waals surface area (Å²) in [5.74, 6) is 0. The first kappa shape index (κ1) is 22.1. The number of hydrogen-bond donors (Lipinski definition) is 0. The Bertz CT molecular complexity index is 2800. The number of pyridine rings is 2. The smallest absolute Gasteiger partial charge is 0.129 e. The van der Waals surface area contributed by atoms with Crippen molar-refractivity contribution in [2.45, 2.75) is 47.7 Å². The number of aromatic nitrogens is 2. The van der Waals surface area contributed by atoms with Gasteiger partial charge in [0.2, 0.25) is 0 Å². The van der Waals surface area contributed by atoms with E-state index in [1.54, 1.807) is 30.3 Å². The van der Waals surface area contributed by atoms with E-state index in [4.69, 9.17) is 19.5 Å². The summed E-state index contributed by atoms with van der Waals surface area (Å²) in [5, 5.41) is 5.99. The molecule has 0 aliphatic carbocycles. The van der Waals surface area contributed by atoms with Crippen LogP contribution in [-0.2, 0) is 26.5 Å². The Hall–Kier alpha value is -4.63. The molecule has 0 spiro atoms. The van der Waals surface area contributed by atoms with Gasteiger partial charge in [-0.15, -0.1) is 53.6 Å². The van der Waals surface area contributed by atoms with Crippen molar-refractivity contribution in [1.29, 1.82) is 0 Å². The normalized spacial score (nSPS) is 15.9. The SMILES string of the molecule is [2H]C([2H])([2H])c1c[c-]c(-c2ccc(C([2H])([2H])C(C)(C)C)cn2)cc1.[2H]C([2H])([2H])c1cnc(-c2[c-]ccc3c2oc2c3ccc3ccc4ccccc4c32)cc1C([2H])([2H])[2H].[Ir]. The Morgan fingerprint density at radius 2 is 1.52 bits per heavy atom. The van der Waals surface area contributed by atoms with E-state index in [1.807, 2.05) is 45.0 Å². The number of furan rings is 1. The van der Waals surface area contributed by atoms with Crippen LogP contribution in [0.2, 0.25) is 0 Å². The number of aryl methyl sites for hydroxylation is 3. The Morgan fingerprint density at radius 3 is 2.27 bits per heavy atom. The predicted octanol–water partition coefficient (Wildman–Crippen LogP) is 11.8. The van der Waals surface area contributed by atoms with Gasteiger partial charge in [0.05, 0.1) is 5.58 Å². The molecule has 8 rings (SSSR count). The zero-order valence-electron chi connectivity index (χ0n) is 37.5. The van der Waals surface area contributed by atoms with Crippen molar-refractivity contribution in [3.8, 4) is 22.5 Å². The molecule has 3 heterocycles. The molecule has 4 heteroatoms. The van der Waals surface area contributed by atoms with Crippen LogP contribution in [0.5, 0.6) is 0 Å². The van der Waals surface area contributed by atoms with Gasteiger partial charge in [-0.1, -0.05) is 111 Å². The van der Waals surface area contributed by atoms with E-state index in [0.29, 0.717) is 33.7 Å². The first-order valence-corrected chi connectivity index (χ1v) is 15.2. The molecular formula is C44H38IrN2O-2. The molecule has 3 aromatic heterocycles. The summed E-state index contributed by atoms with van der Waals surface area (Å²) >= 11 is 0. The second kappa shape index (κ2) is 13.5. The van der Waals surface area contributed by atoms with Gasteiger partial charge >= 0.3 is 0 Å². The molecule has 0 aliphatic heterocycles. The molecule has 241 valence electrons. The predicted molar refractivity (Wildman–Crippen MR) is 197 cm³/mol. The number of fused-ring (bicyclic) bond motifs is 7. The minimum absolute atomic E-state index is 0. The number of benzene rings is 5. The molecular weight excluding hydrogens is 765 g/mol. The summed E-state index contributed by atoms with van der Waals surface area (Å²) in [6.45, 7) is -1.80. The van der Waals surface area contributed by atoms with Crippen LogP contribution in [0.1, 0.15) is 58.1 Å². The fourth-order valence-electron chi connectivity index (χ4n) is 5.71.